The molecule has 0 aliphatic carbocycles. The van der Waals surface area contributed by atoms with Crippen molar-refractivity contribution in [3.63, 3.8) is 0 Å². The summed E-state index contributed by atoms with van der Waals surface area (Å²) in [6, 6.07) is 6.53. The van der Waals surface area contributed by atoms with E-state index >= 15 is 0 Å². The quantitative estimate of drug-likeness (QED) is 0.868. The molecule has 0 unspecified atom stereocenters. The molecule has 1 fully saturated rings. The first-order valence-corrected chi connectivity index (χ1v) is 8.06. The minimum atomic E-state index is -0.408. The lowest BCUT2D eigenvalue weighted by Gasteiger charge is -2.16. The van der Waals surface area contributed by atoms with E-state index in [9.17, 15) is 4.79 Å². The molecule has 1 aliphatic heterocycles. The van der Waals surface area contributed by atoms with Crippen LogP contribution in [0, 0.1) is 0 Å². The number of urea groups is 1. The highest BCUT2D eigenvalue weighted by Crippen LogP contribution is 2.29. The van der Waals surface area contributed by atoms with Crippen LogP contribution in [0.5, 0.6) is 11.5 Å². The maximum absolute atomic E-state index is 12.3. The summed E-state index contributed by atoms with van der Waals surface area (Å²) >= 11 is 0. The number of hydrogen-bond acceptors (Lipinski definition) is 6. The summed E-state index contributed by atoms with van der Waals surface area (Å²) in [5.41, 5.74) is 0.537. The van der Waals surface area contributed by atoms with E-state index in [1.165, 1.54) is 13.4 Å². The number of hydrogen-bond donors (Lipinski definition) is 2. The number of nitrogens with one attached hydrogen (secondary N) is 2. The summed E-state index contributed by atoms with van der Waals surface area (Å²) < 4.78 is 10.4. The Labute approximate surface area is 146 Å². The van der Waals surface area contributed by atoms with Crippen LogP contribution in [0.25, 0.3) is 0 Å². The third-order valence-electron chi connectivity index (χ3n) is 3.98. The first kappa shape index (κ1) is 16.8. The molecule has 2 aromatic rings. The fourth-order valence-electron chi connectivity index (χ4n) is 2.71. The van der Waals surface area contributed by atoms with Crippen molar-refractivity contribution >= 4 is 23.4 Å². The van der Waals surface area contributed by atoms with Gasteiger partial charge in [-0.05, 0) is 25.0 Å². The van der Waals surface area contributed by atoms with Gasteiger partial charge in [0.2, 0.25) is 0 Å². The van der Waals surface area contributed by atoms with Crippen LogP contribution in [-0.2, 0) is 0 Å². The van der Waals surface area contributed by atoms with Gasteiger partial charge in [-0.2, -0.15) is 0 Å². The predicted octanol–water partition coefficient (Wildman–Crippen LogP) is 2.74. The highest BCUT2D eigenvalue weighted by molar-refractivity contribution is 6.00. The van der Waals surface area contributed by atoms with Crippen LogP contribution >= 0.6 is 0 Å². The fraction of sp³-hybridized carbons (Fsp3) is 0.353. The summed E-state index contributed by atoms with van der Waals surface area (Å²) in [7, 11) is 3.10. The molecule has 0 atom stereocenters. The van der Waals surface area contributed by atoms with Gasteiger partial charge in [-0.25, -0.2) is 14.8 Å². The fourth-order valence-corrected chi connectivity index (χ4v) is 2.71. The zero-order chi connectivity index (χ0) is 17.6. The largest absolute Gasteiger partial charge is 0.497 e. The Balaban J connectivity index is 1.67. The molecule has 2 N–H and O–H groups in total. The number of rotatable bonds is 5. The minimum absolute atomic E-state index is 0.408. The van der Waals surface area contributed by atoms with Gasteiger partial charge in [0, 0.05) is 25.2 Å². The van der Waals surface area contributed by atoms with E-state index in [4.69, 9.17) is 9.47 Å². The van der Waals surface area contributed by atoms with Crippen molar-refractivity contribution in [2.45, 2.75) is 12.8 Å². The molecule has 0 bridgehead atoms. The number of carbonyl (C=O) groups is 1. The Morgan fingerprint density at radius 3 is 2.60 bits per heavy atom. The molecule has 8 nitrogen and oxygen atoms in total. The molecule has 0 radical (unpaired) electrons. The van der Waals surface area contributed by atoms with Crippen LogP contribution in [0.4, 0.5) is 22.1 Å². The van der Waals surface area contributed by atoms with E-state index < -0.39 is 6.03 Å². The Hall–Kier alpha value is -3.03. The molecule has 2 heterocycles. The van der Waals surface area contributed by atoms with Gasteiger partial charge in [0.1, 0.15) is 29.5 Å². The molecule has 8 heteroatoms. The van der Waals surface area contributed by atoms with E-state index in [1.807, 2.05) is 0 Å². The highest BCUT2D eigenvalue weighted by Gasteiger charge is 2.15. The monoisotopic (exact) mass is 343 g/mol. The number of amides is 2. The summed E-state index contributed by atoms with van der Waals surface area (Å²) in [6.45, 7) is 1.96. The first-order chi connectivity index (χ1) is 12.2. The summed E-state index contributed by atoms with van der Waals surface area (Å²) in [4.78, 5) is 22.8. The van der Waals surface area contributed by atoms with Crippen molar-refractivity contribution < 1.29 is 14.3 Å². The van der Waals surface area contributed by atoms with Gasteiger partial charge in [0.25, 0.3) is 0 Å². The lowest BCUT2D eigenvalue weighted by Crippen LogP contribution is -2.22. The second-order valence-corrected chi connectivity index (χ2v) is 5.60. The summed E-state index contributed by atoms with van der Waals surface area (Å²) in [6.07, 6.45) is 3.77. The Bertz CT molecular complexity index is 747. The van der Waals surface area contributed by atoms with Gasteiger partial charge >= 0.3 is 6.03 Å². The zero-order valence-corrected chi connectivity index (χ0v) is 14.3. The molecule has 0 spiro atoms. The number of methoxy groups -OCH3 is 2. The van der Waals surface area contributed by atoms with Gasteiger partial charge in [0.05, 0.1) is 19.9 Å². The first-order valence-electron chi connectivity index (χ1n) is 8.06. The second kappa shape index (κ2) is 7.69. The van der Waals surface area contributed by atoms with Gasteiger partial charge in [0.15, 0.2) is 0 Å². The molecule has 2 amide bonds. The van der Waals surface area contributed by atoms with E-state index in [-0.39, 0.29) is 0 Å². The number of benzene rings is 1. The molecule has 1 aromatic carbocycles. The normalized spacial score (nSPS) is 13.4. The maximum atomic E-state index is 12.3. The van der Waals surface area contributed by atoms with Crippen LogP contribution in [0.1, 0.15) is 12.8 Å². The molecule has 1 saturated heterocycles. The van der Waals surface area contributed by atoms with Crippen LogP contribution < -0.4 is 25.0 Å². The summed E-state index contributed by atoms with van der Waals surface area (Å²) in [5, 5.41) is 5.47. The van der Waals surface area contributed by atoms with Crippen molar-refractivity contribution in [2.75, 3.05) is 42.8 Å². The van der Waals surface area contributed by atoms with Crippen LogP contribution in [-0.4, -0.2) is 43.3 Å². The molecular formula is C17H21N5O3. The molecule has 132 valence electrons. The van der Waals surface area contributed by atoms with Crippen molar-refractivity contribution in [3.05, 3.63) is 30.6 Å². The zero-order valence-electron chi connectivity index (χ0n) is 14.3. The third-order valence-corrected chi connectivity index (χ3v) is 3.98. The van der Waals surface area contributed by atoms with Crippen molar-refractivity contribution in [1.29, 1.82) is 0 Å². The van der Waals surface area contributed by atoms with Gasteiger partial charge in [-0.3, -0.25) is 5.32 Å². The minimum Gasteiger partial charge on any atom is -0.497 e. The van der Waals surface area contributed by atoms with E-state index in [0.29, 0.717) is 23.0 Å². The lowest BCUT2D eigenvalue weighted by molar-refractivity contribution is 0.262. The van der Waals surface area contributed by atoms with Gasteiger partial charge in [-0.1, -0.05) is 0 Å². The average Bonchev–Trinajstić information content (AvgIpc) is 3.17. The number of nitrogens with zero attached hydrogens (tertiary/aromatic N) is 3. The molecule has 1 aliphatic rings. The molecule has 0 saturated carbocycles. The van der Waals surface area contributed by atoms with E-state index in [0.717, 1.165) is 31.7 Å². The Morgan fingerprint density at radius 1 is 1.08 bits per heavy atom. The Morgan fingerprint density at radius 2 is 1.88 bits per heavy atom. The topological polar surface area (TPSA) is 88.6 Å². The lowest BCUT2D eigenvalue weighted by atomic mass is 10.2. The van der Waals surface area contributed by atoms with Gasteiger partial charge < -0.3 is 19.7 Å². The van der Waals surface area contributed by atoms with Crippen LogP contribution in [0.3, 0.4) is 0 Å². The molecule has 1 aromatic heterocycles. The van der Waals surface area contributed by atoms with Crippen LogP contribution in [0.15, 0.2) is 30.6 Å². The van der Waals surface area contributed by atoms with Crippen molar-refractivity contribution in [3.8, 4) is 11.5 Å². The molecule has 3 rings (SSSR count). The van der Waals surface area contributed by atoms with E-state index in [1.54, 1.807) is 31.4 Å². The molecule has 25 heavy (non-hydrogen) atoms. The SMILES string of the molecule is COc1ccc(NC(=O)Nc2cc(N3CCCC3)ncn2)c(OC)c1. The number of carbonyl (C=O) groups excluding carboxylic acids is 1. The van der Waals surface area contributed by atoms with Crippen molar-refractivity contribution in [2.24, 2.45) is 0 Å². The number of anilines is 3. The van der Waals surface area contributed by atoms with Gasteiger partial charge in [-0.15, -0.1) is 0 Å². The maximum Gasteiger partial charge on any atom is 0.324 e. The Kier molecular flexibility index (Phi) is 5.17. The van der Waals surface area contributed by atoms with Crippen LogP contribution in [0.2, 0.25) is 0 Å². The third kappa shape index (κ3) is 4.09. The average molecular weight is 343 g/mol. The molecular weight excluding hydrogens is 322 g/mol. The highest BCUT2D eigenvalue weighted by atomic mass is 16.5. The predicted molar refractivity (Wildman–Crippen MR) is 95.7 cm³/mol. The summed E-state index contributed by atoms with van der Waals surface area (Å²) in [5.74, 6) is 2.43. The second-order valence-electron chi connectivity index (χ2n) is 5.60. The number of ether oxygens (including phenoxy) is 2. The number of aromatic nitrogens is 2. The van der Waals surface area contributed by atoms with Crippen molar-refractivity contribution in [1.82, 2.24) is 9.97 Å². The van der Waals surface area contributed by atoms with E-state index in [2.05, 4.69) is 25.5 Å². The smallest absolute Gasteiger partial charge is 0.324 e. The standard InChI is InChI=1S/C17H21N5O3/c1-24-12-5-6-13(14(9-12)25-2)20-17(23)21-15-10-16(19-11-18-15)22-7-3-4-8-22/h5-6,9-11H,3-4,7-8H2,1-2H3,(H2,18,19,20,21,23).